The summed E-state index contributed by atoms with van der Waals surface area (Å²) in [5, 5.41) is 0. The van der Waals surface area contributed by atoms with Crippen molar-refractivity contribution in [2.45, 2.75) is 5.92 Å². The number of ether oxygens (including phenoxy) is 1. The Kier molecular flexibility index (Phi) is 5.60. The molecule has 2 nitrogen and oxygen atoms in total. The van der Waals surface area contributed by atoms with E-state index in [-0.39, 0.29) is 6.08 Å². The standard InChI is InChI=1S/C14H11F3O2/c15-13(18)14(16,17)10-6-1-2-7-11-19-12-8-4-3-5-9-12/h1-11H. The highest BCUT2D eigenvalue weighted by molar-refractivity contribution is 5.78. The third-order valence-corrected chi connectivity index (χ3v) is 1.93. The SMILES string of the molecule is O=C(F)C(F)(F)C=CC=CC=COc1ccccc1. The molecule has 5 heteroatoms. The fraction of sp³-hybridized carbons (Fsp3) is 0.0714. The van der Waals surface area contributed by atoms with Crippen LogP contribution < -0.4 is 4.74 Å². The van der Waals surface area contributed by atoms with Gasteiger partial charge in [-0.3, -0.25) is 4.79 Å². The van der Waals surface area contributed by atoms with Crippen LogP contribution in [-0.4, -0.2) is 12.0 Å². The van der Waals surface area contributed by atoms with E-state index in [4.69, 9.17) is 4.74 Å². The highest BCUT2D eigenvalue weighted by Gasteiger charge is 2.35. The van der Waals surface area contributed by atoms with E-state index in [0.29, 0.717) is 5.75 Å². The number of carbonyl (C=O) groups excluding carboxylic acids is 1. The van der Waals surface area contributed by atoms with Gasteiger partial charge in [0.2, 0.25) is 0 Å². The van der Waals surface area contributed by atoms with Gasteiger partial charge in [-0.1, -0.05) is 36.4 Å². The number of benzene rings is 1. The molecular formula is C14H11F3O2. The highest BCUT2D eigenvalue weighted by atomic mass is 19.3. The Morgan fingerprint density at radius 2 is 1.68 bits per heavy atom. The van der Waals surface area contributed by atoms with Crippen molar-refractivity contribution in [1.29, 1.82) is 0 Å². The van der Waals surface area contributed by atoms with Crippen molar-refractivity contribution >= 4 is 6.04 Å². The largest absolute Gasteiger partial charge is 0.465 e. The fourth-order valence-corrected chi connectivity index (χ4v) is 1.03. The summed E-state index contributed by atoms with van der Waals surface area (Å²) in [6.07, 6.45) is 6.51. The van der Waals surface area contributed by atoms with Crippen LogP contribution in [0.15, 0.2) is 67.0 Å². The molecule has 0 saturated heterocycles. The zero-order chi connectivity index (χ0) is 14.1. The molecule has 19 heavy (non-hydrogen) atoms. The zero-order valence-electron chi connectivity index (χ0n) is 9.80. The predicted molar refractivity (Wildman–Crippen MR) is 65.6 cm³/mol. The number of carbonyl (C=O) groups is 1. The summed E-state index contributed by atoms with van der Waals surface area (Å²) in [5.74, 6) is -3.44. The van der Waals surface area contributed by atoms with E-state index in [0.717, 1.165) is 6.08 Å². The van der Waals surface area contributed by atoms with E-state index >= 15 is 0 Å². The van der Waals surface area contributed by atoms with Crippen LogP contribution in [0.3, 0.4) is 0 Å². The van der Waals surface area contributed by atoms with Crippen LogP contribution in [0, 0.1) is 0 Å². The van der Waals surface area contributed by atoms with Crippen molar-refractivity contribution < 1.29 is 22.7 Å². The third-order valence-electron chi connectivity index (χ3n) is 1.93. The van der Waals surface area contributed by atoms with Gasteiger partial charge in [0, 0.05) is 0 Å². The lowest BCUT2D eigenvalue weighted by Gasteiger charge is -2.01. The van der Waals surface area contributed by atoms with E-state index in [1.807, 2.05) is 6.07 Å². The normalized spacial score (nSPS) is 12.6. The van der Waals surface area contributed by atoms with Crippen molar-refractivity contribution in [3.05, 3.63) is 67.0 Å². The molecule has 0 spiro atoms. The number of allylic oxidation sites excluding steroid dienone is 5. The second-order valence-corrected chi connectivity index (χ2v) is 3.40. The van der Waals surface area contributed by atoms with Gasteiger partial charge in [-0.05, 0) is 24.3 Å². The van der Waals surface area contributed by atoms with Gasteiger partial charge in [0.1, 0.15) is 5.75 Å². The maximum atomic E-state index is 12.5. The summed E-state index contributed by atoms with van der Waals surface area (Å²) in [4.78, 5) is 9.86. The summed E-state index contributed by atoms with van der Waals surface area (Å²) >= 11 is 0. The Hall–Kier alpha value is -2.30. The van der Waals surface area contributed by atoms with Crippen molar-refractivity contribution in [2.24, 2.45) is 0 Å². The second-order valence-electron chi connectivity index (χ2n) is 3.40. The first-order valence-electron chi connectivity index (χ1n) is 5.33. The van der Waals surface area contributed by atoms with Crippen LogP contribution >= 0.6 is 0 Å². The topological polar surface area (TPSA) is 26.3 Å². The minimum absolute atomic E-state index is 0.178. The van der Waals surface area contributed by atoms with Crippen molar-refractivity contribution in [1.82, 2.24) is 0 Å². The molecule has 0 N–H and O–H groups in total. The molecule has 0 radical (unpaired) electrons. The molecular weight excluding hydrogens is 257 g/mol. The molecule has 0 fully saturated rings. The molecule has 1 rings (SSSR count). The molecule has 0 heterocycles. The summed E-state index contributed by atoms with van der Waals surface area (Å²) < 4.78 is 41.9. The molecule has 0 unspecified atom stereocenters. The molecule has 0 saturated carbocycles. The van der Waals surface area contributed by atoms with E-state index in [2.05, 4.69) is 0 Å². The number of hydrogen-bond acceptors (Lipinski definition) is 2. The maximum absolute atomic E-state index is 12.5. The van der Waals surface area contributed by atoms with Gasteiger partial charge < -0.3 is 4.74 Å². The molecule has 100 valence electrons. The number of hydrogen-bond donors (Lipinski definition) is 0. The fourth-order valence-electron chi connectivity index (χ4n) is 1.03. The molecule has 1 aromatic rings. The molecule has 0 aliphatic carbocycles. The van der Waals surface area contributed by atoms with Crippen LogP contribution in [0.25, 0.3) is 0 Å². The minimum Gasteiger partial charge on any atom is -0.465 e. The van der Waals surface area contributed by atoms with Crippen LogP contribution in [0.2, 0.25) is 0 Å². The Balaban J connectivity index is 2.39. The average Bonchev–Trinajstić information content (AvgIpc) is 2.38. The van der Waals surface area contributed by atoms with Gasteiger partial charge in [-0.2, -0.15) is 13.2 Å². The first kappa shape index (κ1) is 14.8. The van der Waals surface area contributed by atoms with Gasteiger partial charge in [0.25, 0.3) is 0 Å². The number of para-hydroxylation sites is 1. The molecule has 0 bridgehead atoms. The van der Waals surface area contributed by atoms with Gasteiger partial charge >= 0.3 is 12.0 Å². The Labute approximate surface area is 108 Å². The molecule has 0 aromatic heterocycles. The zero-order valence-corrected chi connectivity index (χ0v) is 9.80. The van der Waals surface area contributed by atoms with Crippen LogP contribution in [-0.2, 0) is 4.79 Å². The smallest absolute Gasteiger partial charge is 0.374 e. The summed E-state index contributed by atoms with van der Waals surface area (Å²) in [7, 11) is 0. The van der Waals surface area contributed by atoms with Crippen LogP contribution in [0.5, 0.6) is 5.75 Å². The number of halogens is 3. The summed E-state index contributed by atoms with van der Waals surface area (Å²) in [6, 6.07) is 6.27. The van der Waals surface area contributed by atoms with E-state index in [1.54, 1.807) is 24.3 Å². The Bertz CT molecular complexity index is 491. The lowest BCUT2D eigenvalue weighted by atomic mass is 10.3. The van der Waals surface area contributed by atoms with Crippen molar-refractivity contribution in [3.8, 4) is 5.75 Å². The Morgan fingerprint density at radius 3 is 2.32 bits per heavy atom. The quantitative estimate of drug-likeness (QED) is 0.445. The van der Waals surface area contributed by atoms with Gasteiger partial charge in [-0.15, -0.1) is 0 Å². The first-order valence-corrected chi connectivity index (χ1v) is 5.33. The van der Waals surface area contributed by atoms with Gasteiger partial charge in [-0.25, -0.2) is 0 Å². The minimum atomic E-state index is -4.07. The predicted octanol–water partition coefficient (Wildman–Crippen LogP) is 3.82. The molecule has 0 atom stereocenters. The van der Waals surface area contributed by atoms with Crippen LogP contribution in [0.1, 0.15) is 0 Å². The number of rotatable bonds is 6. The van der Waals surface area contributed by atoms with Crippen molar-refractivity contribution in [3.63, 3.8) is 0 Å². The maximum Gasteiger partial charge on any atom is 0.374 e. The molecule has 0 aliphatic rings. The second kappa shape index (κ2) is 7.20. The number of alkyl halides is 2. The van der Waals surface area contributed by atoms with E-state index < -0.39 is 12.0 Å². The Morgan fingerprint density at radius 1 is 1.05 bits per heavy atom. The van der Waals surface area contributed by atoms with Gasteiger partial charge in [0.15, 0.2) is 0 Å². The van der Waals surface area contributed by atoms with Crippen molar-refractivity contribution in [2.75, 3.05) is 0 Å². The summed E-state index contributed by atoms with van der Waals surface area (Å²) in [6.45, 7) is 0. The first-order chi connectivity index (χ1) is 9.02. The molecule has 1 aromatic carbocycles. The monoisotopic (exact) mass is 268 g/mol. The van der Waals surface area contributed by atoms with E-state index in [1.165, 1.54) is 24.5 Å². The van der Waals surface area contributed by atoms with Gasteiger partial charge in [0.05, 0.1) is 6.26 Å². The molecule has 0 aliphatic heterocycles. The van der Waals surface area contributed by atoms with Crippen LogP contribution in [0.4, 0.5) is 13.2 Å². The third kappa shape index (κ3) is 5.72. The molecule has 0 amide bonds. The highest BCUT2D eigenvalue weighted by Crippen LogP contribution is 2.17. The lowest BCUT2D eigenvalue weighted by molar-refractivity contribution is -0.149. The van der Waals surface area contributed by atoms with E-state index in [9.17, 15) is 18.0 Å². The average molecular weight is 268 g/mol. The lowest BCUT2D eigenvalue weighted by Crippen LogP contribution is -2.21. The summed E-state index contributed by atoms with van der Waals surface area (Å²) in [5.41, 5.74) is 0.